The van der Waals surface area contributed by atoms with Gasteiger partial charge in [-0.3, -0.25) is 4.90 Å². The van der Waals surface area contributed by atoms with Gasteiger partial charge >= 0.3 is 0 Å². The van der Waals surface area contributed by atoms with Gasteiger partial charge in [0, 0.05) is 11.1 Å². The first-order valence-corrected chi connectivity index (χ1v) is 11.7. The van der Waals surface area contributed by atoms with Crippen molar-refractivity contribution >= 4 is 31.4 Å². The zero-order valence-corrected chi connectivity index (χ0v) is 16.2. The molecule has 9 heteroatoms. The number of hydrogen-bond donors (Lipinski definition) is 0. The summed E-state index contributed by atoms with van der Waals surface area (Å²) >= 11 is 0. The Morgan fingerprint density at radius 3 is 1.38 bits per heavy atom. The lowest BCUT2D eigenvalue weighted by molar-refractivity contribution is 0.163. The quantitative estimate of drug-likeness (QED) is 0.778. The molecule has 0 saturated heterocycles. The molecule has 2 aliphatic heterocycles. The van der Waals surface area contributed by atoms with Crippen LogP contribution in [0.5, 0.6) is 0 Å². The van der Waals surface area contributed by atoms with Crippen molar-refractivity contribution in [2.45, 2.75) is 12.3 Å². The van der Waals surface area contributed by atoms with Gasteiger partial charge < -0.3 is 0 Å². The van der Waals surface area contributed by atoms with Crippen molar-refractivity contribution in [2.75, 3.05) is 28.2 Å². The summed E-state index contributed by atoms with van der Waals surface area (Å²) in [5.74, 6) is 0. The van der Waals surface area contributed by atoms with E-state index in [9.17, 15) is 16.8 Å². The normalized spacial score (nSPS) is 22.7. The fourth-order valence-corrected chi connectivity index (χ4v) is 6.25. The second kappa shape index (κ2) is 5.45. The van der Waals surface area contributed by atoms with Crippen LogP contribution < -0.4 is 8.61 Å². The second-order valence-corrected chi connectivity index (χ2v) is 10.4. The highest BCUT2D eigenvalue weighted by Gasteiger charge is 2.50. The monoisotopic (exact) mass is 393 g/mol. The minimum absolute atomic E-state index is 0.506. The fourth-order valence-electron chi connectivity index (χ4n) is 3.95. The van der Waals surface area contributed by atoms with Crippen LogP contribution in [-0.2, 0) is 20.0 Å². The molecule has 138 valence electrons. The fraction of sp³-hybridized carbons (Fsp3) is 0.294. The molecule has 26 heavy (non-hydrogen) atoms. The van der Waals surface area contributed by atoms with E-state index in [-0.39, 0.29) is 0 Å². The molecule has 2 atom stereocenters. The Labute approximate surface area is 153 Å². The summed E-state index contributed by atoms with van der Waals surface area (Å²) in [7, 11) is -5.44. The maximum atomic E-state index is 12.7. The Morgan fingerprint density at radius 2 is 1.04 bits per heavy atom. The van der Waals surface area contributed by atoms with E-state index >= 15 is 0 Å². The van der Waals surface area contributed by atoms with Crippen molar-refractivity contribution in [1.82, 2.24) is 4.90 Å². The second-order valence-electron chi connectivity index (χ2n) is 6.65. The molecule has 2 aromatic carbocycles. The minimum atomic E-state index is -3.59. The molecule has 0 N–H and O–H groups in total. The summed E-state index contributed by atoms with van der Waals surface area (Å²) in [5.41, 5.74) is 2.28. The molecule has 0 saturated carbocycles. The summed E-state index contributed by atoms with van der Waals surface area (Å²) in [6, 6.07) is 14.1. The van der Waals surface area contributed by atoms with Crippen LogP contribution in [-0.4, -0.2) is 41.3 Å². The van der Waals surface area contributed by atoms with E-state index in [2.05, 4.69) is 0 Å². The summed E-state index contributed by atoms with van der Waals surface area (Å²) < 4.78 is 53.3. The predicted octanol–water partition coefficient (Wildman–Crippen LogP) is 1.88. The maximum Gasteiger partial charge on any atom is 0.233 e. The van der Waals surface area contributed by atoms with E-state index in [0.29, 0.717) is 22.5 Å². The number of anilines is 2. The van der Waals surface area contributed by atoms with Crippen molar-refractivity contribution in [2.24, 2.45) is 0 Å². The zero-order valence-electron chi connectivity index (χ0n) is 14.6. The largest absolute Gasteiger partial charge is 0.256 e. The van der Waals surface area contributed by atoms with Gasteiger partial charge in [0.1, 0.15) is 12.3 Å². The standard InChI is InChI=1S/C17H19N3O4S2/c1-18-16-13-9-5-7-11-15(13)20(26(3,23)24)17(18)12-8-4-6-10-14(12)19(16)25(2,21)22/h4-11,16-17H,1-3H3/t16-,17-/m1/s1. The molecule has 0 aromatic heterocycles. The number of hydrogen-bond acceptors (Lipinski definition) is 5. The van der Waals surface area contributed by atoms with Gasteiger partial charge in [0.15, 0.2) is 0 Å². The van der Waals surface area contributed by atoms with Crippen molar-refractivity contribution in [3.05, 3.63) is 59.7 Å². The zero-order chi connectivity index (χ0) is 18.9. The average Bonchev–Trinajstić information content (AvgIpc) is 2.53. The maximum absolute atomic E-state index is 12.7. The van der Waals surface area contributed by atoms with Gasteiger partial charge in [0.2, 0.25) is 20.0 Å². The molecular formula is C17H19N3O4S2. The van der Waals surface area contributed by atoms with Gasteiger partial charge in [-0.1, -0.05) is 36.4 Å². The van der Waals surface area contributed by atoms with E-state index < -0.39 is 32.4 Å². The van der Waals surface area contributed by atoms with Crippen LogP contribution in [0.1, 0.15) is 23.5 Å². The topological polar surface area (TPSA) is 78.0 Å². The highest BCUT2D eigenvalue weighted by Crippen LogP contribution is 2.53. The molecule has 0 amide bonds. The lowest BCUT2D eigenvalue weighted by atomic mass is 9.97. The summed E-state index contributed by atoms with van der Waals surface area (Å²) in [6.45, 7) is 0. The summed E-state index contributed by atoms with van der Waals surface area (Å²) in [5, 5.41) is 0. The molecular weight excluding hydrogens is 374 g/mol. The van der Waals surface area contributed by atoms with Gasteiger partial charge in [-0.2, -0.15) is 0 Å². The van der Waals surface area contributed by atoms with E-state index in [4.69, 9.17) is 0 Å². The number of nitrogens with zero attached hydrogens (tertiary/aromatic N) is 3. The van der Waals surface area contributed by atoms with Gasteiger partial charge in [-0.25, -0.2) is 25.4 Å². The number of sulfonamides is 2. The molecule has 2 aliphatic rings. The molecule has 0 fully saturated rings. The molecule has 2 aromatic rings. The van der Waals surface area contributed by atoms with Crippen LogP contribution >= 0.6 is 0 Å². The van der Waals surface area contributed by atoms with Crippen LogP contribution in [0.4, 0.5) is 11.4 Å². The van der Waals surface area contributed by atoms with Crippen LogP contribution in [0.3, 0.4) is 0 Å². The Kier molecular flexibility index (Phi) is 3.63. The molecule has 0 spiro atoms. The summed E-state index contributed by atoms with van der Waals surface area (Å²) in [6.07, 6.45) is 1.12. The smallest absolute Gasteiger partial charge is 0.233 e. The van der Waals surface area contributed by atoms with Gasteiger partial charge in [-0.05, 0) is 19.2 Å². The Bertz CT molecular complexity index is 1010. The third-order valence-corrected chi connectivity index (χ3v) is 7.06. The highest BCUT2D eigenvalue weighted by molar-refractivity contribution is 7.92. The first kappa shape index (κ1) is 17.3. The van der Waals surface area contributed by atoms with Crippen LogP contribution in [0.25, 0.3) is 0 Å². The van der Waals surface area contributed by atoms with Gasteiger partial charge in [0.25, 0.3) is 0 Å². The number of benzene rings is 2. The van der Waals surface area contributed by atoms with Crippen molar-refractivity contribution in [3.63, 3.8) is 0 Å². The first-order chi connectivity index (χ1) is 12.1. The molecule has 4 rings (SSSR count). The highest BCUT2D eigenvalue weighted by atomic mass is 32.2. The Hall–Kier alpha value is -2.10. The predicted molar refractivity (Wildman–Crippen MR) is 101 cm³/mol. The average molecular weight is 393 g/mol. The molecule has 2 bridgehead atoms. The van der Waals surface area contributed by atoms with E-state index in [1.165, 1.54) is 21.1 Å². The number of para-hydroxylation sites is 2. The van der Waals surface area contributed by atoms with Crippen molar-refractivity contribution < 1.29 is 16.8 Å². The Balaban J connectivity index is 2.12. The lowest BCUT2D eigenvalue weighted by Crippen LogP contribution is -2.57. The lowest BCUT2D eigenvalue weighted by Gasteiger charge is -2.54. The van der Waals surface area contributed by atoms with E-state index in [1.807, 2.05) is 0 Å². The number of rotatable bonds is 2. The first-order valence-electron chi connectivity index (χ1n) is 8.01. The Morgan fingerprint density at radius 1 is 0.692 bits per heavy atom. The van der Waals surface area contributed by atoms with Gasteiger partial charge in [-0.15, -0.1) is 0 Å². The van der Waals surface area contributed by atoms with E-state index in [0.717, 1.165) is 0 Å². The molecule has 0 aliphatic carbocycles. The summed E-state index contributed by atoms with van der Waals surface area (Å²) in [4.78, 5) is 1.78. The third kappa shape index (κ3) is 2.34. The molecule has 2 heterocycles. The SMILES string of the molecule is CN1[C@H]2c3ccccc3N(S(C)(=O)=O)[C@@H]1c1ccccc1N2S(C)(=O)=O. The number of fused-ring (bicyclic) bond motifs is 6. The molecule has 0 unspecified atom stereocenters. The van der Waals surface area contributed by atoms with Crippen LogP contribution in [0, 0.1) is 0 Å². The molecule has 7 nitrogen and oxygen atoms in total. The van der Waals surface area contributed by atoms with Gasteiger partial charge in [0.05, 0.1) is 23.9 Å². The van der Waals surface area contributed by atoms with Crippen LogP contribution in [0.2, 0.25) is 0 Å². The van der Waals surface area contributed by atoms with E-state index in [1.54, 1.807) is 60.5 Å². The van der Waals surface area contributed by atoms with Crippen molar-refractivity contribution in [3.8, 4) is 0 Å². The minimum Gasteiger partial charge on any atom is -0.256 e. The molecule has 0 radical (unpaired) electrons. The van der Waals surface area contributed by atoms with Crippen molar-refractivity contribution in [1.29, 1.82) is 0 Å². The van der Waals surface area contributed by atoms with Crippen LogP contribution in [0.15, 0.2) is 48.5 Å². The third-order valence-electron chi connectivity index (χ3n) is 4.84.